The number of aromatic carboxylic acids is 1. The number of rotatable bonds is 5. The normalized spacial score (nSPS) is 11.5. The maximum Gasteiger partial charge on any atom is 0.335 e. The molecule has 112 valence electrons. The fraction of sp³-hybridized carbons (Fsp3) is 0.0833. The molecular weight excluding hydrogens is 446 g/mol. The van der Waals surface area contributed by atoms with E-state index in [1.165, 1.54) is 29.5 Å². The summed E-state index contributed by atoms with van der Waals surface area (Å²) in [7, 11) is -3.63. The second-order valence-electron chi connectivity index (χ2n) is 4.02. The van der Waals surface area contributed by atoms with Gasteiger partial charge in [0.05, 0.1) is 13.1 Å². The average Bonchev–Trinajstić information content (AvgIpc) is 2.77. The van der Waals surface area contributed by atoms with Gasteiger partial charge < -0.3 is 5.11 Å². The number of carboxylic acids is 1. The van der Waals surface area contributed by atoms with Gasteiger partial charge in [-0.3, -0.25) is 0 Å². The van der Waals surface area contributed by atoms with Crippen LogP contribution in [0.1, 0.15) is 15.9 Å². The van der Waals surface area contributed by atoms with Crippen LogP contribution in [0.4, 0.5) is 0 Å². The standard InChI is InChI=1S/C12H9Br2NO4S2/c13-10-5-9(11(14)20-10)21(18,19)15-6-7-1-3-8(4-2-7)12(16)17/h1-5,15H,6H2,(H,16,17). The number of hydrogen-bond donors (Lipinski definition) is 2. The van der Waals surface area contributed by atoms with Gasteiger partial charge in [0.15, 0.2) is 0 Å². The second-order valence-corrected chi connectivity index (χ2v) is 9.50. The van der Waals surface area contributed by atoms with Gasteiger partial charge in [-0.25, -0.2) is 17.9 Å². The Hall–Kier alpha value is -0.740. The quantitative estimate of drug-likeness (QED) is 0.724. The van der Waals surface area contributed by atoms with Gasteiger partial charge in [-0.15, -0.1) is 11.3 Å². The lowest BCUT2D eigenvalue weighted by molar-refractivity contribution is 0.0697. The van der Waals surface area contributed by atoms with Gasteiger partial charge >= 0.3 is 5.97 Å². The summed E-state index contributed by atoms with van der Waals surface area (Å²) in [5.41, 5.74) is 0.833. The van der Waals surface area contributed by atoms with Crippen molar-refractivity contribution in [3.8, 4) is 0 Å². The first-order valence-electron chi connectivity index (χ1n) is 5.56. The molecule has 21 heavy (non-hydrogen) atoms. The summed E-state index contributed by atoms with van der Waals surface area (Å²) >= 11 is 7.71. The molecule has 0 unspecified atom stereocenters. The summed E-state index contributed by atoms with van der Waals surface area (Å²) in [6, 6.07) is 7.53. The van der Waals surface area contributed by atoms with Gasteiger partial charge in [0.2, 0.25) is 10.0 Å². The maximum atomic E-state index is 12.2. The Labute approximate surface area is 142 Å². The molecule has 2 N–H and O–H groups in total. The largest absolute Gasteiger partial charge is 0.478 e. The van der Waals surface area contributed by atoms with Crippen molar-refractivity contribution < 1.29 is 18.3 Å². The Morgan fingerprint density at radius 2 is 1.86 bits per heavy atom. The van der Waals surface area contributed by atoms with E-state index >= 15 is 0 Å². The topological polar surface area (TPSA) is 83.5 Å². The summed E-state index contributed by atoms with van der Waals surface area (Å²) in [4.78, 5) is 10.9. The van der Waals surface area contributed by atoms with Crippen LogP contribution in [0.15, 0.2) is 42.8 Å². The molecule has 2 rings (SSSR count). The van der Waals surface area contributed by atoms with E-state index in [4.69, 9.17) is 5.11 Å². The lowest BCUT2D eigenvalue weighted by atomic mass is 10.1. The zero-order chi connectivity index (χ0) is 15.6. The molecule has 0 radical (unpaired) electrons. The van der Waals surface area contributed by atoms with Crippen molar-refractivity contribution in [1.82, 2.24) is 4.72 Å². The summed E-state index contributed by atoms with van der Waals surface area (Å²) in [5, 5.41) is 8.80. The number of carbonyl (C=O) groups is 1. The number of benzene rings is 1. The van der Waals surface area contributed by atoms with Crippen molar-refractivity contribution in [2.24, 2.45) is 0 Å². The zero-order valence-electron chi connectivity index (χ0n) is 10.3. The van der Waals surface area contributed by atoms with Crippen LogP contribution in [0.2, 0.25) is 0 Å². The fourth-order valence-corrected chi connectivity index (χ4v) is 6.36. The Kier molecular flexibility index (Phi) is 5.20. The van der Waals surface area contributed by atoms with Crippen molar-refractivity contribution in [1.29, 1.82) is 0 Å². The first kappa shape index (κ1) is 16.6. The highest BCUT2D eigenvalue weighted by Gasteiger charge is 2.20. The smallest absolute Gasteiger partial charge is 0.335 e. The van der Waals surface area contributed by atoms with Gasteiger partial charge in [-0.1, -0.05) is 12.1 Å². The molecule has 0 aliphatic carbocycles. The Morgan fingerprint density at radius 3 is 2.33 bits per heavy atom. The number of carboxylic acid groups (broad SMARTS) is 1. The first-order valence-corrected chi connectivity index (χ1v) is 9.45. The Morgan fingerprint density at radius 1 is 1.24 bits per heavy atom. The van der Waals surface area contributed by atoms with Crippen LogP contribution in [0, 0.1) is 0 Å². The van der Waals surface area contributed by atoms with Gasteiger partial charge in [0.1, 0.15) is 4.90 Å². The molecule has 0 spiro atoms. The van der Waals surface area contributed by atoms with Gasteiger partial charge in [0, 0.05) is 6.54 Å². The van der Waals surface area contributed by atoms with E-state index in [1.54, 1.807) is 12.1 Å². The summed E-state index contributed by atoms with van der Waals surface area (Å²) < 4.78 is 28.0. The predicted octanol–water partition coefficient (Wildman–Crippen LogP) is 3.45. The third kappa shape index (κ3) is 4.13. The molecule has 0 aliphatic heterocycles. The van der Waals surface area contributed by atoms with E-state index in [0.29, 0.717) is 13.1 Å². The maximum absolute atomic E-state index is 12.2. The summed E-state index contributed by atoms with van der Waals surface area (Å²) in [6.07, 6.45) is 0. The minimum Gasteiger partial charge on any atom is -0.478 e. The molecule has 1 heterocycles. The minimum absolute atomic E-state index is 0.0855. The van der Waals surface area contributed by atoms with Crippen LogP contribution in [0.5, 0.6) is 0 Å². The molecule has 0 amide bonds. The lowest BCUT2D eigenvalue weighted by Gasteiger charge is -2.06. The second kappa shape index (κ2) is 6.57. The monoisotopic (exact) mass is 453 g/mol. The molecule has 1 aromatic heterocycles. The van der Waals surface area contributed by atoms with Crippen molar-refractivity contribution in [2.45, 2.75) is 11.4 Å². The Bertz CT molecular complexity index is 769. The molecular formula is C12H9Br2NO4S2. The van der Waals surface area contributed by atoms with Crippen molar-refractivity contribution in [2.75, 3.05) is 0 Å². The number of thiophene rings is 1. The molecule has 0 bridgehead atoms. The highest BCUT2D eigenvalue weighted by atomic mass is 79.9. The number of hydrogen-bond acceptors (Lipinski definition) is 4. The number of halogens is 2. The molecule has 0 saturated heterocycles. The average molecular weight is 455 g/mol. The van der Waals surface area contributed by atoms with Crippen LogP contribution >= 0.6 is 43.2 Å². The van der Waals surface area contributed by atoms with Gasteiger partial charge in [-0.2, -0.15) is 0 Å². The lowest BCUT2D eigenvalue weighted by Crippen LogP contribution is -2.23. The van der Waals surface area contributed by atoms with E-state index in [-0.39, 0.29) is 17.0 Å². The Balaban J connectivity index is 2.11. The van der Waals surface area contributed by atoms with Crippen LogP contribution in [-0.4, -0.2) is 19.5 Å². The van der Waals surface area contributed by atoms with Gasteiger partial charge in [-0.05, 0) is 55.6 Å². The molecule has 0 atom stereocenters. The van der Waals surface area contributed by atoms with Crippen LogP contribution in [0.25, 0.3) is 0 Å². The summed E-state index contributed by atoms with van der Waals surface area (Å²) in [6.45, 7) is 0.0855. The van der Waals surface area contributed by atoms with Crippen molar-refractivity contribution >= 4 is 59.2 Å². The first-order chi connectivity index (χ1) is 9.79. The minimum atomic E-state index is -3.63. The number of nitrogens with one attached hydrogen (secondary N) is 1. The predicted molar refractivity (Wildman–Crippen MR) is 87.1 cm³/mol. The molecule has 9 heteroatoms. The van der Waals surface area contributed by atoms with E-state index in [0.717, 1.165) is 0 Å². The van der Waals surface area contributed by atoms with Crippen LogP contribution < -0.4 is 4.72 Å². The molecule has 1 aromatic carbocycles. The SMILES string of the molecule is O=C(O)c1ccc(CNS(=O)(=O)c2cc(Br)sc2Br)cc1. The number of sulfonamides is 1. The van der Waals surface area contributed by atoms with Crippen molar-refractivity contribution in [3.63, 3.8) is 0 Å². The van der Waals surface area contributed by atoms with E-state index in [1.807, 2.05) is 0 Å². The van der Waals surface area contributed by atoms with E-state index < -0.39 is 16.0 Å². The molecule has 0 fully saturated rings. The van der Waals surface area contributed by atoms with E-state index in [2.05, 4.69) is 36.6 Å². The molecule has 0 saturated carbocycles. The summed E-state index contributed by atoms with van der Waals surface area (Å²) in [5.74, 6) is -1.02. The zero-order valence-corrected chi connectivity index (χ0v) is 15.1. The highest BCUT2D eigenvalue weighted by molar-refractivity contribution is 9.12. The van der Waals surface area contributed by atoms with Crippen molar-refractivity contribution in [3.05, 3.63) is 49.0 Å². The fourth-order valence-electron chi connectivity index (χ4n) is 1.53. The van der Waals surface area contributed by atoms with Gasteiger partial charge in [0.25, 0.3) is 0 Å². The van der Waals surface area contributed by atoms with E-state index in [9.17, 15) is 13.2 Å². The highest BCUT2D eigenvalue weighted by Crippen LogP contribution is 2.34. The van der Waals surface area contributed by atoms with Crippen LogP contribution in [-0.2, 0) is 16.6 Å². The molecule has 5 nitrogen and oxygen atoms in total. The molecule has 2 aromatic rings. The molecule has 0 aliphatic rings. The third-order valence-electron chi connectivity index (χ3n) is 2.58. The third-order valence-corrected chi connectivity index (χ3v) is 6.74. The van der Waals surface area contributed by atoms with Crippen LogP contribution in [0.3, 0.4) is 0 Å².